The van der Waals surface area contributed by atoms with Gasteiger partial charge >= 0.3 is 0 Å². The summed E-state index contributed by atoms with van der Waals surface area (Å²) in [5.74, 6) is -0.0494. The third-order valence-corrected chi connectivity index (χ3v) is 5.52. The van der Waals surface area contributed by atoms with Crippen LogP contribution in [0, 0.1) is 6.92 Å². The number of thiophene rings is 1. The van der Waals surface area contributed by atoms with Gasteiger partial charge in [0.25, 0.3) is 0 Å². The summed E-state index contributed by atoms with van der Waals surface area (Å²) in [4.78, 5) is 16.3. The zero-order chi connectivity index (χ0) is 18.7. The highest BCUT2D eigenvalue weighted by Gasteiger charge is 2.22. The molecule has 0 saturated heterocycles. The molecule has 0 unspecified atom stereocenters. The van der Waals surface area contributed by atoms with Crippen LogP contribution in [0.25, 0.3) is 0 Å². The maximum Gasteiger partial charge on any atom is 0.196 e. The van der Waals surface area contributed by atoms with Crippen LogP contribution in [0.3, 0.4) is 0 Å². The Kier molecular flexibility index (Phi) is 5.77. The Balaban J connectivity index is 1.86. The summed E-state index contributed by atoms with van der Waals surface area (Å²) < 4.78 is 0. The highest BCUT2D eigenvalue weighted by molar-refractivity contribution is 7.16. The molecule has 0 radical (unpaired) electrons. The molecule has 3 rings (SSSR count). The van der Waals surface area contributed by atoms with Gasteiger partial charge in [-0.1, -0.05) is 41.9 Å². The highest BCUT2D eigenvalue weighted by atomic mass is 35.5. The van der Waals surface area contributed by atoms with E-state index in [1.54, 1.807) is 24.3 Å². The van der Waals surface area contributed by atoms with Crippen LogP contribution in [0.1, 0.15) is 31.9 Å². The lowest BCUT2D eigenvalue weighted by molar-refractivity contribution is 0.103. The molecule has 2 aromatic carbocycles. The van der Waals surface area contributed by atoms with E-state index in [1.165, 1.54) is 16.9 Å². The van der Waals surface area contributed by atoms with Gasteiger partial charge in [-0.2, -0.15) is 0 Å². The number of rotatable bonds is 6. The average molecular weight is 385 g/mol. The van der Waals surface area contributed by atoms with Gasteiger partial charge in [0.15, 0.2) is 5.78 Å². The molecule has 0 aliphatic heterocycles. The minimum Gasteiger partial charge on any atom is -0.390 e. The maximum atomic E-state index is 13.0. The Morgan fingerprint density at radius 2 is 1.73 bits per heavy atom. The Hall–Kier alpha value is -2.14. The van der Waals surface area contributed by atoms with Gasteiger partial charge in [0.2, 0.25) is 0 Å². The van der Waals surface area contributed by atoms with Crippen LogP contribution in [0.15, 0.2) is 54.6 Å². The third-order valence-electron chi connectivity index (χ3n) is 4.29. The summed E-state index contributed by atoms with van der Waals surface area (Å²) >= 11 is 7.41. The van der Waals surface area contributed by atoms with Crippen LogP contribution in [0.2, 0.25) is 5.02 Å². The first-order valence-electron chi connectivity index (χ1n) is 8.36. The van der Waals surface area contributed by atoms with Crippen LogP contribution >= 0.6 is 22.9 Å². The summed E-state index contributed by atoms with van der Waals surface area (Å²) in [7, 11) is 2.05. The molecule has 2 N–H and O–H groups in total. The van der Waals surface area contributed by atoms with E-state index in [1.807, 2.05) is 25.1 Å². The number of hydrogen-bond donors (Lipinski definition) is 1. The molecule has 0 bridgehead atoms. The molecule has 0 aliphatic carbocycles. The number of nitrogen functional groups attached to an aromatic ring is 1. The summed E-state index contributed by atoms with van der Waals surface area (Å²) in [6.45, 7) is 3.50. The Labute approximate surface area is 163 Å². The van der Waals surface area contributed by atoms with E-state index in [2.05, 4.69) is 24.1 Å². The number of carbonyl (C=O) groups is 1. The summed E-state index contributed by atoms with van der Waals surface area (Å²) in [6.07, 6.45) is 0. The van der Waals surface area contributed by atoms with E-state index in [0.29, 0.717) is 27.7 Å². The quantitative estimate of drug-likeness (QED) is 0.597. The van der Waals surface area contributed by atoms with Crippen molar-refractivity contribution in [2.24, 2.45) is 0 Å². The van der Waals surface area contributed by atoms with Crippen LogP contribution in [-0.2, 0) is 13.1 Å². The van der Waals surface area contributed by atoms with E-state index in [9.17, 15) is 4.79 Å². The smallest absolute Gasteiger partial charge is 0.196 e. The van der Waals surface area contributed by atoms with Crippen molar-refractivity contribution in [2.45, 2.75) is 20.0 Å². The molecular formula is C21H21ClN2OS. The average Bonchev–Trinajstić information content (AvgIpc) is 2.89. The maximum absolute atomic E-state index is 13.0. The molecule has 0 aliphatic rings. The van der Waals surface area contributed by atoms with Crippen molar-refractivity contribution < 1.29 is 4.79 Å². The van der Waals surface area contributed by atoms with Crippen molar-refractivity contribution in [2.75, 3.05) is 12.8 Å². The van der Waals surface area contributed by atoms with Crippen LogP contribution in [0.5, 0.6) is 0 Å². The third kappa shape index (κ3) is 4.15. The van der Waals surface area contributed by atoms with Gasteiger partial charge in [-0.25, -0.2) is 0 Å². The van der Waals surface area contributed by atoms with Crippen LogP contribution in [-0.4, -0.2) is 17.7 Å². The van der Waals surface area contributed by atoms with Crippen molar-refractivity contribution in [3.8, 4) is 0 Å². The lowest BCUT2D eigenvalue weighted by Crippen LogP contribution is -2.19. The van der Waals surface area contributed by atoms with Gasteiger partial charge in [-0.15, -0.1) is 11.3 Å². The molecule has 0 fully saturated rings. The van der Waals surface area contributed by atoms with E-state index in [4.69, 9.17) is 17.3 Å². The van der Waals surface area contributed by atoms with Gasteiger partial charge in [0.05, 0.1) is 10.6 Å². The minimum absolute atomic E-state index is 0.0494. The van der Waals surface area contributed by atoms with Gasteiger partial charge < -0.3 is 5.73 Å². The van der Waals surface area contributed by atoms with Crippen LogP contribution in [0.4, 0.5) is 5.00 Å². The number of anilines is 1. The molecule has 3 aromatic rings. The number of nitrogens with zero attached hydrogens (tertiary/aromatic N) is 1. The number of benzene rings is 2. The lowest BCUT2D eigenvalue weighted by atomic mass is 10.00. The number of carbonyl (C=O) groups excluding carboxylic acids is 1. The molecule has 1 aromatic heterocycles. The molecule has 5 heteroatoms. The molecular weight excluding hydrogens is 364 g/mol. The minimum atomic E-state index is -0.0494. The van der Waals surface area contributed by atoms with Crippen molar-refractivity contribution >= 4 is 33.7 Å². The Bertz CT molecular complexity index is 904. The van der Waals surface area contributed by atoms with E-state index in [-0.39, 0.29) is 5.78 Å². The summed E-state index contributed by atoms with van der Waals surface area (Å²) in [6, 6.07) is 17.2. The number of halogens is 1. The number of ketones is 1. The second-order valence-corrected chi connectivity index (χ2v) is 8.06. The molecule has 0 amide bonds. The molecule has 0 spiro atoms. The van der Waals surface area contributed by atoms with Gasteiger partial charge in [-0.3, -0.25) is 9.69 Å². The normalized spacial score (nSPS) is 11.1. The first-order chi connectivity index (χ1) is 12.5. The van der Waals surface area contributed by atoms with E-state index in [0.717, 1.165) is 17.0 Å². The summed E-state index contributed by atoms with van der Waals surface area (Å²) in [5.41, 5.74) is 9.66. The topological polar surface area (TPSA) is 46.3 Å². The largest absolute Gasteiger partial charge is 0.390 e. The predicted molar refractivity (Wildman–Crippen MR) is 110 cm³/mol. The molecule has 3 nitrogen and oxygen atoms in total. The zero-order valence-electron chi connectivity index (χ0n) is 14.8. The second kappa shape index (κ2) is 8.04. The lowest BCUT2D eigenvalue weighted by Gasteiger charge is -2.18. The second-order valence-electron chi connectivity index (χ2n) is 6.37. The highest BCUT2D eigenvalue weighted by Crippen LogP contribution is 2.33. The zero-order valence-corrected chi connectivity index (χ0v) is 16.4. The van der Waals surface area contributed by atoms with Gasteiger partial charge in [0, 0.05) is 28.6 Å². The SMILES string of the molecule is Cc1sc(N)c(C(=O)c2ccc(Cl)cc2)c1CN(C)Cc1ccccc1. The van der Waals surface area contributed by atoms with Gasteiger partial charge in [-0.05, 0) is 49.4 Å². The van der Waals surface area contributed by atoms with Crippen LogP contribution < -0.4 is 5.73 Å². The van der Waals surface area contributed by atoms with Crippen molar-refractivity contribution in [1.29, 1.82) is 0 Å². The van der Waals surface area contributed by atoms with Crippen molar-refractivity contribution in [1.82, 2.24) is 4.90 Å². The fraction of sp³-hybridized carbons (Fsp3) is 0.190. The van der Waals surface area contributed by atoms with E-state index >= 15 is 0 Å². The molecule has 134 valence electrons. The molecule has 0 saturated carbocycles. The predicted octanol–water partition coefficient (Wildman–Crippen LogP) is 5.16. The monoisotopic (exact) mass is 384 g/mol. The number of hydrogen-bond acceptors (Lipinski definition) is 4. The first-order valence-corrected chi connectivity index (χ1v) is 9.55. The molecule has 26 heavy (non-hydrogen) atoms. The van der Waals surface area contributed by atoms with Gasteiger partial charge in [0.1, 0.15) is 0 Å². The first kappa shape index (κ1) is 18.6. The number of aryl methyl sites for hydroxylation is 1. The Morgan fingerprint density at radius 1 is 1.08 bits per heavy atom. The summed E-state index contributed by atoms with van der Waals surface area (Å²) in [5, 5.41) is 1.18. The fourth-order valence-electron chi connectivity index (χ4n) is 3.01. The van der Waals surface area contributed by atoms with E-state index < -0.39 is 0 Å². The molecule has 1 heterocycles. The molecule has 0 atom stereocenters. The number of nitrogens with two attached hydrogens (primary N) is 1. The fourth-order valence-corrected chi connectivity index (χ4v) is 4.07. The standard InChI is InChI=1S/C21H21ClN2OS/c1-14-18(13-24(2)12-15-6-4-3-5-7-15)19(21(23)26-14)20(25)16-8-10-17(22)11-9-16/h3-11H,12-13,23H2,1-2H3. The van der Waals surface area contributed by atoms with Crippen molar-refractivity contribution in [3.05, 3.63) is 86.8 Å². The van der Waals surface area contributed by atoms with Crippen molar-refractivity contribution in [3.63, 3.8) is 0 Å². The Morgan fingerprint density at radius 3 is 2.38 bits per heavy atom.